The van der Waals surface area contributed by atoms with Crippen molar-refractivity contribution in [3.8, 4) is 0 Å². The van der Waals surface area contributed by atoms with Gasteiger partial charge in [-0.15, -0.1) is 0 Å². The fourth-order valence-electron chi connectivity index (χ4n) is 3.11. The van der Waals surface area contributed by atoms with Crippen LogP contribution >= 0.6 is 0 Å². The van der Waals surface area contributed by atoms with Gasteiger partial charge in [0.2, 0.25) is 5.91 Å². The summed E-state index contributed by atoms with van der Waals surface area (Å²) in [6.45, 7) is 9.79. The predicted molar refractivity (Wildman–Crippen MR) is 90.3 cm³/mol. The molecule has 0 bridgehead atoms. The number of carbonyl (C=O) groups is 1. The normalized spacial score (nSPS) is 14.0. The van der Waals surface area contributed by atoms with Crippen LogP contribution in [-0.2, 0) is 4.79 Å². The van der Waals surface area contributed by atoms with Crippen LogP contribution in [0, 0.1) is 5.41 Å². The molecule has 0 heterocycles. The molecule has 126 valence electrons. The Bertz CT molecular complexity index is 268. The van der Waals surface area contributed by atoms with Gasteiger partial charge in [-0.05, 0) is 26.2 Å². The minimum Gasteiger partial charge on any atom is -0.395 e. The Morgan fingerprint density at radius 2 is 1.57 bits per heavy atom. The highest BCUT2D eigenvalue weighted by Crippen LogP contribution is 2.37. The molecule has 0 saturated carbocycles. The lowest BCUT2D eigenvalue weighted by atomic mass is 9.74. The lowest BCUT2D eigenvalue weighted by Gasteiger charge is -2.36. The lowest BCUT2D eigenvalue weighted by Crippen LogP contribution is -2.45. The van der Waals surface area contributed by atoms with E-state index in [-0.39, 0.29) is 17.9 Å². The molecule has 0 radical (unpaired) electrons. The van der Waals surface area contributed by atoms with Crippen LogP contribution in [0.5, 0.6) is 0 Å². The van der Waals surface area contributed by atoms with Crippen LogP contribution in [0.4, 0.5) is 0 Å². The van der Waals surface area contributed by atoms with E-state index >= 15 is 0 Å². The van der Waals surface area contributed by atoms with Gasteiger partial charge in [0.25, 0.3) is 0 Å². The van der Waals surface area contributed by atoms with Gasteiger partial charge in [-0.25, -0.2) is 0 Å². The molecule has 1 amide bonds. The highest BCUT2D eigenvalue weighted by atomic mass is 16.3. The van der Waals surface area contributed by atoms with E-state index in [0.29, 0.717) is 13.1 Å². The smallest absolute Gasteiger partial charge is 0.228 e. The van der Waals surface area contributed by atoms with Gasteiger partial charge in [-0.3, -0.25) is 4.79 Å². The third-order valence-electron chi connectivity index (χ3n) is 4.69. The van der Waals surface area contributed by atoms with E-state index in [4.69, 9.17) is 0 Å². The number of nitrogens with zero attached hydrogens (tertiary/aromatic N) is 1. The van der Waals surface area contributed by atoms with E-state index in [1.165, 1.54) is 19.3 Å². The molecule has 3 nitrogen and oxygen atoms in total. The van der Waals surface area contributed by atoms with Gasteiger partial charge in [0, 0.05) is 18.5 Å². The maximum absolute atomic E-state index is 13.0. The number of aliphatic hydroxyl groups is 1. The number of hydrogen-bond donors (Lipinski definition) is 1. The number of aliphatic hydroxyl groups excluding tert-OH is 1. The molecule has 0 fully saturated rings. The lowest BCUT2D eigenvalue weighted by molar-refractivity contribution is -0.144. The molecule has 0 saturated heterocycles. The van der Waals surface area contributed by atoms with Crippen molar-refractivity contribution in [1.29, 1.82) is 0 Å². The molecule has 0 aliphatic heterocycles. The summed E-state index contributed by atoms with van der Waals surface area (Å²) in [4.78, 5) is 14.8. The fourth-order valence-corrected chi connectivity index (χ4v) is 3.11. The molecule has 1 N–H and O–H groups in total. The zero-order chi connectivity index (χ0) is 16.1. The molecule has 1 unspecified atom stereocenters. The summed E-state index contributed by atoms with van der Waals surface area (Å²) in [6, 6.07) is 0. The molecule has 0 aliphatic rings. The minimum atomic E-state index is -0.199. The maximum atomic E-state index is 13.0. The monoisotopic (exact) mass is 299 g/mol. The van der Waals surface area contributed by atoms with Crippen LogP contribution in [-0.4, -0.2) is 35.6 Å². The number of rotatable bonds is 13. The van der Waals surface area contributed by atoms with E-state index in [9.17, 15) is 9.90 Å². The fraction of sp³-hybridized carbons (Fsp3) is 0.944. The predicted octanol–water partition coefficient (Wildman–Crippen LogP) is 4.38. The van der Waals surface area contributed by atoms with Crippen LogP contribution in [0.3, 0.4) is 0 Å². The molecule has 0 aromatic carbocycles. The van der Waals surface area contributed by atoms with Crippen LogP contribution in [0.2, 0.25) is 0 Å². The van der Waals surface area contributed by atoms with E-state index < -0.39 is 0 Å². The van der Waals surface area contributed by atoms with Gasteiger partial charge in [0.15, 0.2) is 0 Å². The summed E-state index contributed by atoms with van der Waals surface area (Å²) in [5.74, 6) is 0.270. The van der Waals surface area contributed by atoms with Crippen LogP contribution in [0.25, 0.3) is 0 Å². The third kappa shape index (κ3) is 6.82. The number of likely N-dealkylation sites (N-methyl/N-ethyl adjacent to an activating group) is 1. The molecule has 3 heteroatoms. The van der Waals surface area contributed by atoms with Crippen molar-refractivity contribution in [2.75, 3.05) is 19.7 Å². The van der Waals surface area contributed by atoms with E-state index in [1.807, 2.05) is 11.8 Å². The molecule has 21 heavy (non-hydrogen) atoms. The van der Waals surface area contributed by atoms with Gasteiger partial charge in [-0.2, -0.15) is 0 Å². The molecular formula is C18H37NO2. The van der Waals surface area contributed by atoms with E-state index in [2.05, 4.69) is 20.8 Å². The van der Waals surface area contributed by atoms with Crippen molar-refractivity contribution >= 4 is 5.91 Å². The Hall–Kier alpha value is -0.570. The first kappa shape index (κ1) is 20.4. The van der Waals surface area contributed by atoms with Gasteiger partial charge in [0.1, 0.15) is 0 Å². The van der Waals surface area contributed by atoms with Gasteiger partial charge in [-0.1, -0.05) is 59.3 Å². The van der Waals surface area contributed by atoms with Crippen molar-refractivity contribution in [3.63, 3.8) is 0 Å². The topological polar surface area (TPSA) is 40.5 Å². The Morgan fingerprint density at radius 1 is 0.952 bits per heavy atom. The highest BCUT2D eigenvalue weighted by molar-refractivity contribution is 5.82. The van der Waals surface area contributed by atoms with Gasteiger partial charge < -0.3 is 10.0 Å². The van der Waals surface area contributed by atoms with Crippen LogP contribution < -0.4 is 0 Å². The van der Waals surface area contributed by atoms with Crippen molar-refractivity contribution in [1.82, 2.24) is 4.90 Å². The molecule has 0 aromatic heterocycles. The summed E-state index contributed by atoms with van der Waals surface area (Å²) in [5.41, 5.74) is -0.199. The van der Waals surface area contributed by atoms with Crippen molar-refractivity contribution < 1.29 is 9.90 Å². The molecule has 0 aromatic rings. The molecule has 0 spiro atoms. The van der Waals surface area contributed by atoms with Crippen LogP contribution in [0.1, 0.15) is 85.5 Å². The standard InChI is InChI=1S/C18H37NO2/c1-5-9-11-12-14-18(7-3,13-10-6-2)17(21)19(8-4)15-16-20/h20H,5-16H2,1-4H3. The quantitative estimate of drug-likeness (QED) is 0.513. The summed E-state index contributed by atoms with van der Waals surface area (Å²) in [5, 5.41) is 9.18. The second-order valence-electron chi connectivity index (χ2n) is 6.16. The first-order chi connectivity index (χ1) is 10.1. The van der Waals surface area contributed by atoms with Gasteiger partial charge >= 0.3 is 0 Å². The minimum absolute atomic E-state index is 0.0585. The van der Waals surface area contributed by atoms with Crippen molar-refractivity contribution in [2.24, 2.45) is 5.41 Å². The molecule has 1 atom stereocenters. The highest BCUT2D eigenvalue weighted by Gasteiger charge is 2.37. The number of amides is 1. The average molecular weight is 299 g/mol. The van der Waals surface area contributed by atoms with E-state index in [0.717, 1.165) is 38.5 Å². The number of carbonyl (C=O) groups excluding carboxylic acids is 1. The summed E-state index contributed by atoms with van der Waals surface area (Å²) < 4.78 is 0. The Balaban J connectivity index is 4.91. The van der Waals surface area contributed by atoms with E-state index in [1.54, 1.807) is 0 Å². The third-order valence-corrected chi connectivity index (χ3v) is 4.69. The molecule has 0 rings (SSSR count). The maximum Gasteiger partial charge on any atom is 0.228 e. The Kier molecular flexibility index (Phi) is 11.7. The molecule has 0 aliphatic carbocycles. The van der Waals surface area contributed by atoms with Crippen LogP contribution in [0.15, 0.2) is 0 Å². The zero-order valence-electron chi connectivity index (χ0n) is 14.8. The summed E-state index contributed by atoms with van der Waals surface area (Å²) >= 11 is 0. The summed E-state index contributed by atoms with van der Waals surface area (Å²) in [6.07, 6.45) is 10.0. The zero-order valence-corrected chi connectivity index (χ0v) is 14.8. The van der Waals surface area contributed by atoms with Crippen molar-refractivity contribution in [2.45, 2.75) is 85.5 Å². The molecular weight excluding hydrogens is 262 g/mol. The average Bonchev–Trinajstić information content (AvgIpc) is 2.51. The second-order valence-corrected chi connectivity index (χ2v) is 6.16. The SMILES string of the molecule is CCCCCCC(CC)(CCCC)C(=O)N(CC)CCO. The first-order valence-electron chi connectivity index (χ1n) is 9.02. The number of hydrogen-bond acceptors (Lipinski definition) is 2. The number of unbranched alkanes of at least 4 members (excludes halogenated alkanes) is 4. The van der Waals surface area contributed by atoms with Crippen molar-refractivity contribution in [3.05, 3.63) is 0 Å². The second kappa shape index (κ2) is 12.0. The largest absolute Gasteiger partial charge is 0.395 e. The Morgan fingerprint density at radius 3 is 2.05 bits per heavy atom. The first-order valence-corrected chi connectivity index (χ1v) is 9.02. The summed E-state index contributed by atoms with van der Waals surface area (Å²) in [7, 11) is 0. The Labute approximate surface area is 132 Å². The van der Waals surface area contributed by atoms with Gasteiger partial charge in [0.05, 0.1) is 6.61 Å².